The maximum absolute atomic E-state index is 12.6. The van der Waals surface area contributed by atoms with Gasteiger partial charge in [-0.05, 0) is 42.2 Å². The molecule has 0 aliphatic heterocycles. The highest BCUT2D eigenvalue weighted by Crippen LogP contribution is 2.14. The van der Waals surface area contributed by atoms with Crippen LogP contribution in [-0.4, -0.2) is 30.3 Å². The van der Waals surface area contributed by atoms with Crippen LogP contribution in [0.1, 0.15) is 53.5 Å². The van der Waals surface area contributed by atoms with Gasteiger partial charge in [-0.15, -0.1) is 0 Å². The largest absolute Gasteiger partial charge is 0.456 e. The molecule has 6 heteroatoms. The molecule has 2 atom stereocenters. The van der Waals surface area contributed by atoms with Crippen molar-refractivity contribution in [3.63, 3.8) is 0 Å². The fourth-order valence-electron chi connectivity index (χ4n) is 2.73. The first-order valence-electron chi connectivity index (χ1n) is 9.70. The van der Waals surface area contributed by atoms with Gasteiger partial charge in [0.15, 0.2) is 12.4 Å². The smallest absolute Gasteiger partial charge is 0.329 e. The standard InChI is InChI=1S/C23H26ClNO4/c1-4-15(3)21(25-22(27)18-10-12-19(24)13-11-18)23(28)29-14-20(26)17-8-6-16(5-2)7-9-17/h6-13,15,21H,4-5,14H2,1-3H3,(H,25,27)/t15-,21+/m1/s1. The first-order chi connectivity index (χ1) is 13.8. The van der Waals surface area contributed by atoms with Gasteiger partial charge < -0.3 is 10.1 Å². The van der Waals surface area contributed by atoms with Crippen molar-refractivity contribution in [2.75, 3.05) is 6.61 Å². The van der Waals surface area contributed by atoms with E-state index in [0.717, 1.165) is 12.0 Å². The van der Waals surface area contributed by atoms with Gasteiger partial charge in [0.1, 0.15) is 6.04 Å². The number of hydrogen-bond acceptors (Lipinski definition) is 4. The molecule has 154 valence electrons. The van der Waals surface area contributed by atoms with Crippen LogP contribution in [0, 0.1) is 5.92 Å². The molecule has 2 rings (SSSR count). The number of Topliss-reactive ketones (excluding diaryl/α,β-unsaturated/α-hetero) is 1. The van der Waals surface area contributed by atoms with Crippen LogP contribution >= 0.6 is 11.6 Å². The van der Waals surface area contributed by atoms with Gasteiger partial charge >= 0.3 is 5.97 Å². The molecule has 0 aliphatic carbocycles. The fraction of sp³-hybridized carbons (Fsp3) is 0.348. The van der Waals surface area contributed by atoms with Gasteiger partial charge in [-0.25, -0.2) is 4.79 Å². The van der Waals surface area contributed by atoms with E-state index in [1.54, 1.807) is 36.4 Å². The maximum atomic E-state index is 12.6. The third-order valence-corrected chi connectivity index (χ3v) is 5.14. The highest BCUT2D eigenvalue weighted by atomic mass is 35.5. The van der Waals surface area contributed by atoms with Crippen LogP contribution in [-0.2, 0) is 16.0 Å². The highest BCUT2D eigenvalue weighted by molar-refractivity contribution is 6.30. The molecule has 0 aromatic heterocycles. The van der Waals surface area contributed by atoms with Gasteiger partial charge in [0.05, 0.1) is 0 Å². The number of ether oxygens (including phenoxy) is 1. The minimum Gasteiger partial charge on any atom is -0.456 e. The molecule has 0 bridgehead atoms. The number of rotatable bonds is 9. The topological polar surface area (TPSA) is 72.5 Å². The summed E-state index contributed by atoms with van der Waals surface area (Å²) in [4.78, 5) is 37.4. The first kappa shape index (κ1) is 22.6. The third-order valence-electron chi connectivity index (χ3n) is 4.89. The molecule has 0 fully saturated rings. The number of ketones is 1. The number of amides is 1. The summed E-state index contributed by atoms with van der Waals surface area (Å²) in [7, 11) is 0. The van der Waals surface area contributed by atoms with Gasteiger partial charge in [-0.2, -0.15) is 0 Å². The van der Waals surface area contributed by atoms with Crippen molar-refractivity contribution < 1.29 is 19.1 Å². The second kappa shape index (κ2) is 10.8. The molecule has 5 nitrogen and oxygen atoms in total. The summed E-state index contributed by atoms with van der Waals surface area (Å²) in [6.07, 6.45) is 1.54. The molecule has 1 N–H and O–H groups in total. The van der Waals surface area contributed by atoms with Crippen molar-refractivity contribution >= 4 is 29.3 Å². The lowest BCUT2D eigenvalue weighted by atomic mass is 9.98. The molecule has 0 saturated heterocycles. The van der Waals surface area contributed by atoms with E-state index in [-0.39, 0.29) is 18.3 Å². The number of benzene rings is 2. The SMILES string of the molecule is CCc1ccc(C(=O)COC(=O)[C@@H](NC(=O)c2ccc(Cl)cc2)[C@H](C)CC)cc1. The Morgan fingerprint density at radius 3 is 2.10 bits per heavy atom. The Morgan fingerprint density at radius 2 is 1.55 bits per heavy atom. The van der Waals surface area contributed by atoms with Crippen LogP contribution in [0.3, 0.4) is 0 Å². The summed E-state index contributed by atoms with van der Waals surface area (Å²) in [5.74, 6) is -1.46. The average molecular weight is 416 g/mol. The third kappa shape index (κ3) is 6.43. The molecule has 0 saturated carbocycles. The molecule has 0 heterocycles. The minimum absolute atomic E-state index is 0.155. The molecule has 2 aromatic rings. The van der Waals surface area contributed by atoms with E-state index >= 15 is 0 Å². The summed E-state index contributed by atoms with van der Waals surface area (Å²) >= 11 is 5.85. The number of aryl methyl sites for hydroxylation is 1. The van der Waals surface area contributed by atoms with Crippen LogP contribution < -0.4 is 5.32 Å². The Morgan fingerprint density at radius 1 is 0.966 bits per heavy atom. The molecule has 1 amide bonds. The molecule has 0 spiro atoms. The molecule has 0 aliphatic rings. The predicted octanol–water partition coefficient (Wildman–Crippen LogP) is 4.47. The van der Waals surface area contributed by atoms with Crippen LogP contribution in [0.5, 0.6) is 0 Å². The molecule has 0 unspecified atom stereocenters. The van der Waals surface area contributed by atoms with E-state index in [2.05, 4.69) is 5.32 Å². The van der Waals surface area contributed by atoms with E-state index in [1.807, 2.05) is 32.9 Å². The maximum Gasteiger partial charge on any atom is 0.329 e. The quantitative estimate of drug-likeness (QED) is 0.484. The number of esters is 1. The molecule has 2 aromatic carbocycles. The summed E-state index contributed by atoms with van der Waals surface area (Å²) < 4.78 is 5.23. The summed E-state index contributed by atoms with van der Waals surface area (Å²) in [5, 5.41) is 3.23. The Bertz CT molecular complexity index is 846. The molecule has 29 heavy (non-hydrogen) atoms. The van der Waals surface area contributed by atoms with Crippen molar-refractivity contribution in [1.29, 1.82) is 0 Å². The minimum atomic E-state index is -0.849. The first-order valence-corrected chi connectivity index (χ1v) is 10.1. The number of nitrogens with one attached hydrogen (secondary N) is 1. The van der Waals surface area contributed by atoms with Crippen LogP contribution in [0.25, 0.3) is 0 Å². The van der Waals surface area contributed by atoms with Crippen LogP contribution in [0.2, 0.25) is 5.02 Å². The number of hydrogen-bond donors (Lipinski definition) is 1. The zero-order valence-corrected chi connectivity index (χ0v) is 17.7. The molecular weight excluding hydrogens is 390 g/mol. The Kier molecular flexibility index (Phi) is 8.40. The van der Waals surface area contributed by atoms with E-state index in [9.17, 15) is 14.4 Å². The van der Waals surface area contributed by atoms with Crippen LogP contribution in [0.15, 0.2) is 48.5 Å². The monoisotopic (exact) mass is 415 g/mol. The molecule has 0 radical (unpaired) electrons. The van der Waals surface area contributed by atoms with E-state index in [1.165, 1.54) is 0 Å². The van der Waals surface area contributed by atoms with Crippen molar-refractivity contribution in [3.8, 4) is 0 Å². The van der Waals surface area contributed by atoms with Gasteiger partial charge in [-0.3, -0.25) is 9.59 Å². The van der Waals surface area contributed by atoms with Crippen molar-refractivity contribution in [2.45, 2.75) is 39.7 Å². The second-order valence-electron chi connectivity index (χ2n) is 6.92. The Balaban J connectivity index is 2.01. The van der Waals surface area contributed by atoms with Crippen LogP contribution in [0.4, 0.5) is 0 Å². The lowest BCUT2D eigenvalue weighted by Crippen LogP contribution is -2.46. The Hall–Kier alpha value is -2.66. The zero-order valence-electron chi connectivity index (χ0n) is 16.9. The van der Waals surface area contributed by atoms with E-state index in [4.69, 9.17) is 16.3 Å². The number of halogens is 1. The number of carbonyl (C=O) groups is 3. The number of carbonyl (C=O) groups excluding carboxylic acids is 3. The Labute approximate surface area is 176 Å². The zero-order chi connectivity index (χ0) is 21.4. The molecular formula is C23H26ClNO4. The summed E-state index contributed by atoms with van der Waals surface area (Å²) in [5.41, 5.74) is 2.00. The second-order valence-corrected chi connectivity index (χ2v) is 7.36. The van der Waals surface area contributed by atoms with E-state index < -0.39 is 17.9 Å². The van der Waals surface area contributed by atoms with Gasteiger partial charge in [0, 0.05) is 16.1 Å². The van der Waals surface area contributed by atoms with Gasteiger partial charge in [0.2, 0.25) is 0 Å². The fourth-order valence-corrected chi connectivity index (χ4v) is 2.86. The highest BCUT2D eigenvalue weighted by Gasteiger charge is 2.28. The summed E-state index contributed by atoms with van der Waals surface area (Å²) in [6.45, 7) is 5.43. The van der Waals surface area contributed by atoms with Crippen molar-refractivity contribution in [1.82, 2.24) is 5.32 Å². The average Bonchev–Trinajstić information content (AvgIpc) is 2.75. The van der Waals surface area contributed by atoms with Crippen molar-refractivity contribution in [2.24, 2.45) is 5.92 Å². The lowest BCUT2D eigenvalue weighted by Gasteiger charge is -2.22. The normalized spacial score (nSPS) is 12.7. The van der Waals surface area contributed by atoms with Crippen molar-refractivity contribution in [3.05, 3.63) is 70.2 Å². The van der Waals surface area contributed by atoms with E-state index in [0.29, 0.717) is 22.6 Å². The predicted molar refractivity (Wildman–Crippen MR) is 113 cm³/mol. The summed E-state index contributed by atoms with van der Waals surface area (Å²) in [6, 6.07) is 12.7. The lowest BCUT2D eigenvalue weighted by molar-refractivity contribution is -0.146. The van der Waals surface area contributed by atoms with Gasteiger partial charge in [-0.1, -0.05) is 63.1 Å². The van der Waals surface area contributed by atoms with Gasteiger partial charge in [0.25, 0.3) is 5.91 Å².